The van der Waals surface area contributed by atoms with Gasteiger partial charge in [0.2, 0.25) is 10.0 Å². The van der Waals surface area contributed by atoms with Gasteiger partial charge in [-0.25, -0.2) is 17.5 Å². The van der Waals surface area contributed by atoms with E-state index in [4.69, 9.17) is 4.74 Å². The topological polar surface area (TPSA) is 102 Å². The van der Waals surface area contributed by atoms with E-state index in [-0.39, 0.29) is 23.9 Å². The molecule has 2 aliphatic heterocycles. The van der Waals surface area contributed by atoms with Gasteiger partial charge in [0, 0.05) is 38.4 Å². The van der Waals surface area contributed by atoms with Gasteiger partial charge in [-0.1, -0.05) is 17.7 Å². The smallest absolute Gasteiger partial charge is 0.240 e. The number of aliphatic hydroxyl groups is 2. The lowest BCUT2D eigenvalue weighted by Gasteiger charge is -2.41. The lowest BCUT2D eigenvalue weighted by atomic mass is 10.0. The maximum atomic E-state index is 13.2. The van der Waals surface area contributed by atoms with E-state index in [1.807, 2.05) is 6.92 Å². The van der Waals surface area contributed by atoms with Crippen LogP contribution >= 0.6 is 0 Å². The average molecular weight is 480 g/mol. The molecule has 4 atom stereocenters. The summed E-state index contributed by atoms with van der Waals surface area (Å²) in [5.41, 5.74) is 1.89. The van der Waals surface area contributed by atoms with Crippen molar-refractivity contribution in [3.05, 3.63) is 59.9 Å². The van der Waals surface area contributed by atoms with Crippen LogP contribution in [0.4, 0.5) is 10.1 Å². The fourth-order valence-corrected chi connectivity index (χ4v) is 5.56. The minimum absolute atomic E-state index is 0.0212. The van der Waals surface area contributed by atoms with Crippen molar-refractivity contribution in [3.63, 3.8) is 0 Å². The lowest BCUT2D eigenvalue weighted by molar-refractivity contribution is -0.0201. The van der Waals surface area contributed by atoms with Crippen LogP contribution in [0.5, 0.6) is 0 Å². The summed E-state index contributed by atoms with van der Waals surface area (Å²) in [6.07, 6.45) is -2.34. The highest BCUT2D eigenvalue weighted by Crippen LogP contribution is 2.28. The number of benzene rings is 2. The zero-order chi connectivity index (χ0) is 23.6. The second-order valence-corrected chi connectivity index (χ2v) is 10.3. The second-order valence-electron chi connectivity index (χ2n) is 8.54. The Hall–Kier alpha value is -2.08. The summed E-state index contributed by atoms with van der Waals surface area (Å²) in [5.74, 6) is -0.283. The van der Waals surface area contributed by atoms with E-state index < -0.39 is 34.4 Å². The predicted molar refractivity (Wildman–Crippen MR) is 122 cm³/mol. The zero-order valence-electron chi connectivity index (χ0n) is 18.5. The predicted octanol–water partition coefficient (Wildman–Crippen LogP) is 0.724. The van der Waals surface area contributed by atoms with Crippen molar-refractivity contribution in [1.29, 1.82) is 0 Å². The van der Waals surface area contributed by atoms with E-state index in [0.717, 1.165) is 11.3 Å². The number of hydrogen-bond acceptors (Lipinski definition) is 7. The second kappa shape index (κ2) is 10.0. The SMILES string of the molecule is Cc1ccc(S(=O)(=O)NCC2OC(CO)C(O)C2N2CCN(c3ccc(F)cc3)CC2)cc1. The molecule has 2 aromatic carbocycles. The molecule has 0 saturated carbocycles. The highest BCUT2D eigenvalue weighted by molar-refractivity contribution is 7.89. The van der Waals surface area contributed by atoms with Crippen molar-refractivity contribution in [1.82, 2.24) is 9.62 Å². The number of nitrogens with one attached hydrogen (secondary N) is 1. The Morgan fingerprint density at radius 1 is 1.03 bits per heavy atom. The van der Waals surface area contributed by atoms with Crippen molar-refractivity contribution in [2.75, 3.05) is 44.2 Å². The van der Waals surface area contributed by atoms with Crippen molar-refractivity contribution in [3.8, 4) is 0 Å². The molecule has 180 valence electrons. The zero-order valence-corrected chi connectivity index (χ0v) is 19.3. The first kappa shape index (κ1) is 24.1. The van der Waals surface area contributed by atoms with E-state index >= 15 is 0 Å². The molecule has 2 fully saturated rings. The monoisotopic (exact) mass is 479 g/mol. The lowest BCUT2D eigenvalue weighted by Crippen LogP contribution is -2.57. The summed E-state index contributed by atoms with van der Waals surface area (Å²) in [5, 5.41) is 20.4. The van der Waals surface area contributed by atoms with Gasteiger partial charge in [-0.3, -0.25) is 4.90 Å². The van der Waals surface area contributed by atoms with Gasteiger partial charge in [0.1, 0.15) is 18.0 Å². The number of aryl methyl sites for hydroxylation is 1. The maximum Gasteiger partial charge on any atom is 0.240 e. The minimum Gasteiger partial charge on any atom is -0.394 e. The van der Waals surface area contributed by atoms with Crippen LogP contribution in [0.25, 0.3) is 0 Å². The molecule has 0 spiro atoms. The van der Waals surface area contributed by atoms with Crippen LogP contribution < -0.4 is 9.62 Å². The van der Waals surface area contributed by atoms with Crippen molar-refractivity contribution < 1.29 is 27.8 Å². The van der Waals surface area contributed by atoms with E-state index in [9.17, 15) is 23.0 Å². The fraction of sp³-hybridized carbons (Fsp3) is 0.478. The Morgan fingerprint density at radius 3 is 2.27 bits per heavy atom. The molecule has 33 heavy (non-hydrogen) atoms. The van der Waals surface area contributed by atoms with Crippen LogP contribution in [0, 0.1) is 12.7 Å². The van der Waals surface area contributed by atoms with Gasteiger partial charge in [0.25, 0.3) is 0 Å². The molecular formula is C23H30FN3O5S. The minimum atomic E-state index is -3.74. The quantitative estimate of drug-likeness (QED) is 0.538. The van der Waals surface area contributed by atoms with Crippen molar-refractivity contribution in [2.45, 2.75) is 36.2 Å². The number of piperazine rings is 1. The third-order valence-corrected chi connectivity index (χ3v) is 7.81. The third-order valence-electron chi connectivity index (χ3n) is 6.37. The summed E-state index contributed by atoms with van der Waals surface area (Å²) < 4.78 is 47.1. The van der Waals surface area contributed by atoms with Gasteiger partial charge in [-0.15, -0.1) is 0 Å². The molecule has 2 heterocycles. The number of ether oxygens (including phenoxy) is 1. The summed E-state index contributed by atoms with van der Waals surface area (Å²) >= 11 is 0. The molecule has 4 rings (SSSR count). The standard InChI is InChI=1S/C23H30FN3O5S/c1-16-2-8-19(9-3-16)33(30,31)25-14-20-22(23(29)21(15-28)32-20)27-12-10-26(11-13-27)18-6-4-17(24)5-7-18/h2-9,20-23,25,28-29H,10-15H2,1H3. The molecule has 10 heteroatoms. The van der Waals surface area contributed by atoms with Gasteiger partial charge < -0.3 is 19.8 Å². The Morgan fingerprint density at radius 2 is 1.67 bits per heavy atom. The number of hydrogen-bond donors (Lipinski definition) is 3. The number of rotatable bonds is 7. The Kier molecular flexibility index (Phi) is 7.32. The van der Waals surface area contributed by atoms with Crippen LogP contribution in [-0.4, -0.2) is 87.2 Å². The Bertz CT molecular complexity index is 1030. The third kappa shape index (κ3) is 5.37. The molecule has 4 unspecified atom stereocenters. The average Bonchev–Trinajstić information content (AvgIpc) is 3.14. The van der Waals surface area contributed by atoms with Crippen LogP contribution in [-0.2, 0) is 14.8 Å². The van der Waals surface area contributed by atoms with Gasteiger partial charge in [0.05, 0.1) is 23.6 Å². The molecule has 2 aromatic rings. The van der Waals surface area contributed by atoms with Crippen LogP contribution in [0.3, 0.4) is 0 Å². The Balaban J connectivity index is 1.42. The van der Waals surface area contributed by atoms with Gasteiger partial charge in [-0.2, -0.15) is 0 Å². The first-order valence-electron chi connectivity index (χ1n) is 11.0. The molecule has 0 radical (unpaired) electrons. The first-order valence-corrected chi connectivity index (χ1v) is 12.5. The molecule has 0 amide bonds. The van der Waals surface area contributed by atoms with E-state index in [1.165, 1.54) is 12.1 Å². The number of sulfonamides is 1. The first-order chi connectivity index (χ1) is 15.8. The molecule has 2 saturated heterocycles. The summed E-state index contributed by atoms with van der Waals surface area (Å²) in [4.78, 5) is 4.37. The van der Waals surface area contributed by atoms with E-state index in [0.29, 0.717) is 26.2 Å². The van der Waals surface area contributed by atoms with Gasteiger partial charge in [0.15, 0.2) is 0 Å². The fourth-order valence-electron chi connectivity index (χ4n) is 4.52. The highest BCUT2D eigenvalue weighted by Gasteiger charge is 2.47. The molecule has 3 N–H and O–H groups in total. The van der Waals surface area contributed by atoms with E-state index in [1.54, 1.807) is 36.4 Å². The normalized spacial score (nSPS) is 26.6. The Labute approximate surface area is 193 Å². The molecule has 0 bridgehead atoms. The largest absolute Gasteiger partial charge is 0.394 e. The van der Waals surface area contributed by atoms with Gasteiger partial charge >= 0.3 is 0 Å². The molecule has 0 aromatic heterocycles. The van der Waals surface area contributed by atoms with Crippen molar-refractivity contribution >= 4 is 15.7 Å². The number of aliphatic hydroxyl groups excluding tert-OH is 2. The summed E-state index contributed by atoms with van der Waals surface area (Å²) in [6.45, 7) is 4.07. The van der Waals surface area contributed by atoms with Gasteiger partial charge in [-0.05, 0) is 43.3 Å². The molecule has 0 aliphatic carbocycles. The number of anilines is 1. The van der Waals surface area contributed by atoms with Crippen LogP contribution in [0.15, 0.2) is 53.4 Å². The van der Waals surface area contributed by atoms with Crippen molar-refractivity contribution in [2.24, 2.45) is 0 Å². The maximum absolute atomic E-state index is 13.2. The molecule has 8 nitrogen and oxygen atoms in total. The summed E-state index contributed by atoms with van der Waals surface area (Å²) in [6, 6.07) is 12.4. The van der Waals surface area contributed by atoms with Crippen LogP contribution in [0.2, 0.25) is 0 Å². The number of nitrogens with zero attached hydrogens (tertiary/aromatic N) is 2. The number of halogens is 1. The molecule has 2 aliphatic rings. The highest BCUT2D eigenvalue weighted by atomic mass is 32.2. The van der Waals surface area contributed by atoms with E-state index in [2.05, 4.69) is 14.5 Å². The summed E-state index contributed by atoms with van der Waals surface area (Å²) in [7, 11) is -3.74. The molecular weight excluding hydrogens is 449 g/mol. The van der Waals surface area contributed by atoms with Crippen LogP contribution in [0.1, 0.15) is 5.56 Å².